The van der Waals surface area contributed by atoms with Gasteiger partial charge in [-0.3, -0.25) is 4.79 Å². The molecule has 132 valence electrons. The first kappa shape index (κ1) is 17.9. The van der Waals surface area contributed by atoms with Crippen molar-refractivity contribution in [2.75, 3.05) is 6.54 Å². The molecule has 0 saturated carbocycles. The minimum atomic E-state index is -0.156. The summed E-state index contributed by atoms with van der Waals surface area (Å²) in [5.74, 6) is -0.156. The fraction of sp³-hybridized carbons (Fsp3) is 0.150. The van der Waals surface area contributed by atoms with Crippen molar-refractivity contribution in [3.05, 3.63) is 88.7 Å². The van der Waals surface area contributed by atoms with Crippen molar-refractivity contribution in [2.24, 2.45) is 0 Å². The lowest BCUT2D eigenvalue weighted by Crippen LogP contribution is -2.23. The van der Waals surface area contributed by atoms with Crippen molar-refractivity contribution >= 4 is 23.6 Å². The van der Waals surface area contributed by atoms with Gasteiger partial charge in [0.2, 0.25) is 5.91 Å². The van der Waals surface area contributed by atoms with Crippen LogP contribution in [-0.2, 0) is 17.8 Å². The van der Waals surface area contributed by atoms with E-state index in [4.69, 9.17) is 11.6 Å². The van der Waals surface area contributed by atoms with Crippen molar-refractivity contribution in [3.8, 4) is 0 Å². The lowest BCUT2D eigenvalue weighted by atomic mass is 10.1. The molecule has 0 fully saturated rings. The van der Waals surface area contributed by atoms with Gasteiger partial charge in [-0.15, -0.1) is 5.10 Å². The van der Waals surface area contributed by atoms with Gasteiger partial charge in [-0.1, -0.05) is 59.3 Å². The molecule has 0 atom stereocenters. The summed E-state index contributed by atoms with van der Waals surface area (Å²) >= 11 is 5.85. The lowest BCUT2D eigenvalue weighted by Gasteiger charge is -2.02. The third-order valence-electron chi connectivity index (χ3n) is 3.78. The predicted molar refractivity (Wildman–Crippen MR) is 103 cm³/mol. The van der Waals surface area contributed by atoms with Crippen LogP contribution in [-0.4, -0.2) is 27.4 Å². The number of hydrogen-bond donors (Lipinski definition) is 1. The molecule has 5 nitrogen and oxygen atoms in total. The van der Waals surface area contributed by atoms with Gasteiger partial charge in [0.05, 0.1) is 12.7 Å². The van der Waals surface area contributed by atoms with E-state index in [0.717, 1.165) is 17.5 Å². The molecule has 1 heterocycles. The summed E-state index contributed by atoms with van der Waals surface area (Å²) in [7, 11) is 0. The van der Waals surface area contributed by atoms with Crippen LogP contribution in [0.2, 0.25) is 5.02 Å². The highest BCUT2D eigenvalue weighted by Crippen LogP contribution is 2.09. The monoisotopic (exact) mass is 366 g/mol. The second-order valence-electron chi connectivity index (χ2n) is 5.83. The molecule has 0 spiro atoms. The molecule has 3 rings (SSSR count). The van der Waals surface area contributed by atoms with Crippen LogP contribution in [0, 0.1) is 0 Å². The Morgan fingerprint density at radius 1 is 1.08 bits per heavy atom. The number of benzene rings is 2. The smallest absolute Gasteiger partial charge is 0.244 e. The number of halogens is 1. The number of carbonyl (C=O) groups is 1. The van der Waals surface area contributed by atoms with E-state index in [1.807, 2.05) is 60.8 Å². The van der Waals surface area contributed by atoms with Crippen molar-refractivity contribution < 1.29 is 4.79 Å². The molecule has 0 aliphatic rings. The zero-order valence-corrected chi connectivity index (χ0v) is 14.9. The maximum Gasteiger partial charge on any atom is 0.244 e. The predicted octanol–water partition coefficient (Wildman–Crippen LogP) is 3.35. The van der Waals surface area contributed by atoms with Crippen molar-refractivity contribution in [1.29, 1.82) is 0 Å². The first-order valence-corrected chi connectivity index (χ1v) is 8.71. The highest BCUT2D eigenvalue weighted by molar-refractivity contribution is 6.30. The maximum atomic E-state index is 11.9. The quantitative estimate of drug-likeness (QED) is 0.652. The maximum absolute atomic E-state index is 11.9. The zero-order valence-electron chi connectivity index (χ0n) is 14.2. The summed E-state index contributed by atoms with van der Waals surface area (Å²) < 4.78 is 1.74. The molecule has 0 unspecified atom stereocenters. The van der Waals surface area contributed by atoms with Crippen LogP contribution >= 0.6 is 11.6 Å². The largest absolute Gasteiger partial charge is 0.352 e. The number of carbonyl (C=O) groups excluding carboxylic acids is 1. The number of amides is 1. The van der Waals surface area contributed by atoms with Crippen LogP contribution in [0.5, 0.6) is 0 Å². The first-order valence-electron chi connectivity index (χ1n) is 8.33. The molecule has 0 aliphatic heterocycles. The SMILES string of the molecule is O=C(/C=C/c1cn(Cc2ccccc2)nn1)NCCc1ccc(Cl)cc1. The summed E-state index contributed by atoms with van der Waals surface area (Å²) in [6, 6.07) is 17.6. The second kappa shape index (κ2) is 8.97. The molecule has 0 radical (unpaired) electrons. The summed E-state index contributed by atoms with van der Waals surface area (Å²) in [5.41, 5.74) is 2.92. The van der Waals surface area contributed by atoms with E-state index in [2.05, 4.69) is 15.6 Å². The van der Waals surface area contributed by atoms with Gasteiger partial charge in [-0.25, -0.2) is 4.68 Å². The van der Waals surface area contributed by atoms with Crippen LogP contribution in [0.3, 0.4) is 0 Å². The van der Waals surface area contributed by atoms with E-state index in [-0.39, 0.29) is 5.91 Å². The van der Waals surface area contributed by atoms with Crippen LogP contribution in [0.15, 0.2) is 66.9 Å². The highest BCUT2D eigenvalue weighted by atomic mass is 35.5. The summed E-state index contributed by atoms with van der Waals surface area (Å²) in [5, 5.41) is 11.7. The van der Waals surface area contributed by atoms with E-state index < -0.39 is 0 Å². The molecule has 3 aromatic rings. The summed E-state index contributed by atoms with van der Waals surface area (Å²) in [6.45, 7) is 1.21. The molecule has 1 amide bonds. The van der Waals surface area contributed by atoms with Gasteiger partial charge >= 0.3 is 0 Å². The number of nitrogens with one attached hydrogen (secondary N) is 1. The third kappa shape index (κ3) is 5.57. The van der Waals surface area contributed by atoms with Gasteiger partial charge in [-0.05, 0) is 35.8 Å². The Kier molecular flexibility index (Phi) is 6.17. The topological polar surface area (TPSA) is 59.8 Å². The molecular formula is C20H19ClN4O. The third-order valence-corrected chi connectivity index (χ3v) is 4.03. The summed E-state index contributed by atoms with van der Waals surface area (Å²) in [4.78, 5) is 11.9. The van der Waals surface area contributed by atoms with Crippen LogP contribution < -0.4 is 5.32 Å². The average Bonchev–Trinajstić information content (AvgIpc) is 3.10. The van der Waals surface area contributed by atoms with Crippen LogP contribution in [0.25, 0.3) is 6.08 Å². The zero-order chi connectivity index (χ0) is 18.2. The molecule has 0 bridgehead atoms. The molecule has 26 heavy (non-hydrogen) atoms. The van der Waals surface area contributed by atoms with Crippen molar-refractivity contribution in [1.82, 2.24) is 20.3 Å². The fourth-order valence-electron chi connectivity index (χ4n) is 2.44. The molecule has 6 heteroatoms. The Hall–Kier alpha value is -2.92. The Bertz CT molecular complexity index is 872. The number of nitrogens with zero attached hydrogens (tertiary/aromatic N) is 3. The number of aromatic nitrogens is 3. The Morgan fingerprint density at radius 3 is 2.62 bits per heavy atom. The second-order valence-corrected chi connectivity index (χ2v) is 6.26. The molecule has 1 N–H and O–H groups in total. The Labute approximate surface area is 157 Å². The fourth-order valence-corrected chi connectivity index (χ4v) is 2.56. The molecule has 0 aliphatic carbocycles. The van der Waals surface area contributed by atoms with E-state index in [9.17, 15) is 4.79 Å². The van der Waals surface area contributed by atoms with Crippen LogP contribution in [0.1, 0.15) is 16.8 Å². The number of hydrogen-bond acceptors (Lipinski definition) is 3. The lowest BCUT2D eigenvalue weighted by molar-refractivity contribution is -0.116. The van der Waals surface area contributed by atoms with Gasteiger partial charge < -0.3 is 5.32 Å². The molecule has 2 aromatic carbocycles. The minimum Gasteiger partial charge on any atom is -0.352 e. The minimum absolute atomic E-state index is 0.156. The van der Waals surface area contributed by atoms with Gasteiger partial charge in [-0.2, -0.15) is 0 Å². The number of rotatable bonds is 7. The average molecular weight is 367 g/mol. The van der Waals surface area contributed by atoms with Gasteiger partial charge in [0.25, 0.3) is 0 Å². The normalized spacial score (nSPS) is 11.0. The van der Waals surface area contributed by atoms with E-state index in [1.54, 1.807) is 10.8 Å². The molecule has 1 aromatic heterocycles. The van der Waals surface area contributed by atoms with Crippen LogP contribution in [0.4, 0.5) is 0 Å². The van der Waals surface area contributed by atoms with Gasteiger partial charge in [0.1, 0.15) is 5.69 Å². The van der Waals surface area contributed by atoms with Gasteiger partial charge in [0, 0.05) is 17.6 Å². The highest BCUT2D eigenvalue weighted by Gasteiger charge is 2.01. The summed E-state index contributed by atoms with van der Waals surface area (Å²) in [6.07, 6.45) is 5.69. The van der Waals surface area contributed by atoms with E-state index in [1.165, 1.54) is 6.08 Å². The Morgan fingerprint density at radius 2 is 1.85 bits per heavy atom. The van der Waals surface area contributed by atoms with Gasteiger partial charge in [0.15, 0.2) is 0 Å². The van der Waals surface area contributed by atoms with Crippen molar-refractivity contribution in [2.45, 2.75) is 13.0 Å². The van der Waals surface area contributed by atoms with Crippen molar-refractivity contribution in [3.63, 3.8) is 0 Å². The standard InChI is InChI=1S/C20H19ClN4O/c21-18-8-6-16(7-9-18)12-13-22-20(26)11-10-19-15-25(24-23-19)14-17-4-2-1-3-5-17/h1-11,15H,12-14H2,(H,22,26)/b11-10+. The molecular weight excluding hydrogens is 348 g/mol. The Balaban J connectivity index is 1.45. The van der Waals surface area contributed by atoms with E-state index >= 15 is 0 Å². The molecule has 0 saturated heterocycles. The van der Waals surface area contributed by atoms with E-state index in [0.29, 0.717) is 23.8 Å². The first-order chi connectivity index (χ1) is 12.7.